The quantitative estimate of drug-likeness (QED) is 0.793. The summed E-state index contributed by atoms with van der Waals surface area (Å²) in [7, 11) is 2.07. The van der Waals surface area contributed by atoms with Crippen molar-refractivity contribution in [3.05, 3.63) is 29.8 Å². The highest BCUT2D eigenvalue weighted by atomic mass is 16.5. The average Bonchev–Trinajstić information content (AvgIpc) is 2.65. The van der Waals surface area contributed by atoms with Crippen LogP contribution in [0.2, 0.25) is 0 Å². The molecule has 0 spiro atoms. The van der Waals surface area contributed by atoms with E-state index in [0.717, 1.165) is 25.2 Å². The van der Waals surface area contributed by atoms with Gasteiger partial charge in [0.05, 0.1) is 17.9 Å². The lowest BCUT2D eigenvalue weighted by Gasteiger charge is -2.18. The Morgan fingerprint density at radius 3 is 2.90 bits per heavy atom. The van der Waals surface area contributed by atoms with Crippen LogP contribution in [0.25, 0.3) is 0 Å². The molecule has 1 heterocycles. The number of hydrogen-bond acceptors (Lipinski definition) is 3. The first-order chi connectivity index (χ1) is 9.72. The average molecular weight is 274 g/mol. The smallest absolute Gasteiger partial charge is 0.340 e. The molecule has 0 aromatic heterocycles. The Hall–Kier alpha value is -1.84. The lowest BCUT2D eigenvalue weighted by Crippen LogP contribution is -2.25. The van der Waals surface area contributed by atoms with Crippen molar-refractivity contribution in [1.29, 1.82) is 0 Å². The van der Waals surface area contributed by atoms with Gasteiger partial charge in [-0.2, -0.15) is 0 Å². The molecule has 1 aliphatic heterocycles. The van der Waals surface area contributed by atoms with Crippen LogP contribution in [0, 0.1) is 0 Å². The fourth-order valence-corrected chi connectivity index (χ4v) is 2.36. The predicted octanol–water partition coefficient (Wildman–Crippen LogP) is 3.40. The molecular weight excluding hydrogens is 252 g/mol. The van der Waals surface area contributed by atoms with Crippen molar-refractivity contribution < 1.29 is 9.53 Å². The lowest BCUT2D eigenvalue weighted by atomic mass is 10.1. The number of hydrogen-bond donors (Lipinski definition) is 0. The summed E-state index contributed by atoms with van der Waals surface area (Å²) >= 11 is 0. The predicted molar refractivity (Wildman–Crippen MR) is 80.6 cm³/mol. The van der Waals surface area contributed by atoms with Gasteiger partial charge in [0.2, 0.25) is 0 Å². The number of likely N-dealkylation sites (tertiary alicyclic amines) is 1. The molecule has 4 heteroatoms. The van der Waals surface area contributed by atoms with E-state index in [4.69, 9.17) is 9.73 Å². The third kappa shape index (κ3) is 3.59. The van der Waals surface area contributed by atoms with E-state index in [0.29, 0.717) is 17.9 Å². The number of carbonyl (C=O) groups is 1. The summed E-state index contributed by atoms with van der Waals surface area (Å²) in [5, 5.41) is 0. The van der Waals surface area contributed by atoms with Crippen LogP contribution < -0.4 is 0 Å². The van der Waals surface area contributed by atoms with Crippen LogP contribution in [0.15, 0.2) is 29.3 Å². The first-order valence-corrected chi connectivity index (χ1v) is 7.27. The fraction of sp³-hybridized carbons (Fsp3) is 0.500. The number of amidine groups is 1. The van der Waals surface area contributed by atoms with Crippen molar-refractivity contribution in [1.82, 2.24) is 4.90 Å². The fourth-order valence-electron chi connectivity index (χ4n) is 2.36. The van der Waals surface area contributed by atoms with E-state index in [-0.39, 0.29) is 5.97 Å². The molecule has 0 atom stereocenters. The number of benzene rings is 1. The molecule has 2 rings (SSSR count). The number of nitrogens with zero attached hydrogens (tertiary/aromatic N) is 2. The van der Waals surface area contributed by atoms with Gasteiger partial charge in [-0.1, -0.05) is 18.6 Å². The van der Waals surface area contributed by atoms with Gasteiger partial charge in [0.15, 0.2) is 0 Å². The van der Waals surface area contributed by atoms with Gasteiger partial charge < -0.3 is 9.64 Å². The van der Waals surface area contributed by atoms with E-state index in [2.05, 4.69) is 11.9 Å². The summed E-state index contributed by atoms with van der Waals surface area (Å²) in [5.41, 5.74) is 1.24. The number of carbonyl (C=O) groups excluding carboxylic acids is 1. The first kappa shape index (κ1) is 14.6. The van der Waals surface area contributed by atoms with Gasteiger partial charge in [-0.25, -0.2) is 9.79 Å². The second kappa shape index (κ2) is 7.08. The normalized spacial score (nSPS) is 17.9. The van der Waals surface area contributed by atoms with E-state index in [1.165, 1.54) is 12.8 Å². The second-order valence-electron chi connectivity index (χ2n) is 5.00. The highest BCUT2D eigenvalue weighted by Crippen LogP contribution is 2.22. The number of para-hydroxylation sites is 1. The summed E-state index contributed by atoms with van der Waals surface area (Å²) in [6.45, 7) is 3.22. The molecule has 20 heavy (non-hydrogen) atoms. The Kier molecular flexibility index (Phi) is 5.16. The van der Waals surface area contributed by atoms with Crippen LogP contribution in [0.4, 0.5) is 5.69 Å². The third-order valence-corrected chi connectivity index (χ3v) is 3.48. The topological polar surface area (TPSA) is 41.9 Å². The van der Waals surface area contributed by atoms with Gasteiger partial charge in [-0.3, -0.25) is 0 Å². The van der Waals surface area contributed by atoms with Crippen molar-refractivity contribution in [3.8, 4) is 0 Å². The molecular formula is C16H22N2O2. The summed E-state index contributed by atoms with van der Waals surface area (Å²) < 4.78 is 5.09. The highest BCUT2D eigenvalue weighted by Gasteiger charge is 2.15. The maximum atomic E-state index is 12.0. The first-order valence-electron chi connectivity index (χ1n) is 7.27. The maximum absolute atomic E-state index is 12.0. The van der Waals surface area contributed by atoms with E-state index in [9.17, 15) is 4.79 Å². The van der Waals surface area contributed by atoms with Gasteiger partial charge in [0, 0.05) is 20.0 Å². The Morgan fingerprint density at radius 1 is 1.30 bits per heavy atom. The van der Waals surface area contributed by atoms with Crippen LogP contribution in [0.1, 0.15) is 43.0 Å². The van der Waals surface area contributed by atoms with Crippen molar-refractivity contribution in [2.24, 2.45) is 4.99 Å². The van der Waals surface area contributed by atoms with Gasteiger partial charge in [0.1, 0.15) is 5.84 Å². The number of ether oxygens (including phenoxy) is 1. The molecule has 1 aromatic carbocycles. The highest BCUT2D eigenvalue weighted by molar-refractivity contribution is 5.96. The minimum Gasteiger partial charge on any atom is -0.462 e. The van der Waals surface area contributed by atoms with Crippen molar-refractivity contribution in [3.63, 3.8) is 0 Å². The van der Waals surface area contributed by atoms with Gasteiger partial charge in [-0.05, 0) is 31.9 Å². The van der Waals surface area contributed by atoms with Crippen LogP contribution >= 0.6 is 0 Å². The van der Waals surface area contributed by atoms with E-state index in [1.54, 1.807) is 6.07 Å². The SMILES string of the molecule is CCOC(=O)c1ccccc1N=C1CCCCCN1C. The molecule has 0 saturated carbocycles. The van der Waals surface area contributed by atoms with E-state index < -0.39 is 0 Å². The Balaban J connectivity index is 2.29. The molecule has 0 amide bonds. The minimum absolute atomic E-state index is 0.302. The van der Waals surface area contributed by atoms with Crippen LogP contribution in [0.5, 0.6) is 0 Å². The van der Waals surface area contributed by atoms with Crippen molar-refractivity contribution in [2.45, 2.75) is 32.6 Å². The molecule has 108 valence electrons. The molecule has 0 bridgehead atoms. The largest absolute Gasteiger partial charge is 0.462 e. The molecule has 0 N–H and O–H groups in total. The molecule has 0 radical (unpaired) electrons. The Morgan fingerprint density at radius 2 is 2.10 bits per heavy atom. The molecule has 1 aromatic rings. The van der Waals surface area contributed by atoms with Crippen LogP contribution in [-0.4, -0.2) is 36.9 Å². The second-order valence-corrected chi connectivity index (χ2v) is 5.00. The van der Waals surface area contributed by atoms with Gasteiger partial charge in [0.25, 0.3) is 0 Å². The Bertz CT molecular complexity index is 497. The number of esters is 1. The molecule has 1 saturated heterocycles. The zero-order chi connectivity index (χ0) is 14.4. The molecule has 4 nitrogen and oxygen atoms in total. The summed E-state index contributed by atoms with van der Waals surface area (Å²) in [6, 6.07) is 7.39. The summed E-state index contributed by atoms with van der Waals surface area (Å²) in [5.74, 6) is 0.753. The summed E-state index contributed by atoms with van der Waals surface area (Å²) in [4.78, 5) is 18.8. The minimum atomic E-state index is -0.302. The van der Waals surface area contributed by atoms with Gasteiger partial charge in [-0.15, -0.1) is 0 Å². The van der Waals surface area contributed by atoms with E-state index in [1.807, 2.05) is 25.1 Å². The number of aliphatic imine (C=N–C) groups is 1. The lowest BCUT2D eigenvalue weighted by molar-refractivity contribution is 0.0527. The van der Waals surface area contributed by atoms with Crippen molar-refractivity contribution >= 4 is 17.5 Å². The zero-order valence-electron chi connectivity index (χ0n) is 12.3. The standard InChI is InChI=1S/C16H22N2O2/c1-3-20-16(19)13-9-6-7-10-14(13)17-15-11-5-4-8-12-18(15)2/h6-7,9-10H,3-5,8,11-12H2,1-2H3. The molecule has 1 aliphatic rings. The Labute approximate surface area is 120 Å². The van der Waals surface area contributed by atoms with Crippen molar-refractivity contribution in [2.75, 3.05) is 20.2 Å². The monoisotopic (exact) mass is 274 g/mol. The molecule has 1 fully saturated rings. The molecule has 0 unspecified atom stereocenters. The zero-order valence-corrected chi connectivity index (χ0v) is 12.3. The summed E-state index contributed by atoms with van der Waals surface area (Å²) in [6.07, 6.45) is 4.57. The molecule has 0 aliphatic carbocycles. The van der Waals surface area contributed by atoms with Gasteiger partial charge >= 0.3 is 5.97 Å². The number of rotatable bonds is 3. The maximum Gasteiger partial charge on any atom is 0.340 e. The van der Waals surface area contributed by atoms with Crippen LogP contribution in [0.3, 0.4) is 0 Å². The third-order valence-electron chi connectivity index (χ3n) is 3.48. The van der Waals surface area contributed by atoms with E-state index >= 15 is 0 Å². The van der Waals surface area contributed by atoms with Crippen LogP contribution in [-0.2, 0) is 4.74 Å².